The topological polar surface area (TPSA) is 75.3 Å². The SMILES string of the molecule is CCC1(c2ccc(NC(=O)c3ccc(-c4ccccc4F)s3)cc2)CCC(=O)NC1=O. The fourth-order valence-corrected chi connectivity index (χ4v) is 4.83. The van der Waals surface area contributed by atoms with Gasteiger partial charge in [-0.15, -0.1) is 11.3 Å². The van der Waals surface area contributed by atoms with E-state index in [1.165, 1.54) is 17.4 Å². The van der Waals surface area contributed by atoms with Gasteiger partial charge in [-0.2, -0.15) is 0 Å². The first-order valence-corrected chi connectivity index (χ1v) is 10.9. The van der Waals surface area contributed by atoms with Gasteiger partial charge in [0.15, 0.2) is 0 Å². The van der Waals surface area contributed by atoms with Crippen molar-refractivity contribution in [1.29, 1.82) is 0 Å². The molecule has 0 spiro atoms. The summed E-state index contributed by atoms with van der Waals surface area (Å²) < 4.78 is 14.0. The number of nitrogens with one attached hydrogen (secondary N) is 2. The van der Waals surface area contributed by atoms with Crippen molar-refractivity contribution in [3.63, 3.8) is 0 Å². The Morgan fingerprint density at radius 2 is 1.84 bits per heavy atom. The third kappa shape index (κ3) is 4.01. The number of benzene rings is 2. The number of piperidine rings is 1. The molecule has 1 saturated heterocycles. The third-order valence-electron chi connectivity index (χ3n) is 5.73. The van der Waals surface area contributed by atoms with E-state index in [1.54, 1.807) is 42.5 Å². The lowest BCUT2D eigenvalue weighted by Crippen LogP contribution is -2.51. The maximum absolute atomic E-state index is 14.0. The largest absolute Gasteiger partial charge is 0.321 e. The Morgan fingerprint density at radius 1 is 1.10 bits per heavy atom. The molecule has 1 atom stereocenters. The van der Waals surface area contributed by atoms with Gasteiger partial charge in [0.1, 0.15) is 5.82 Å². The van der Waals surface area contributed by atoms with Gasteiger partial charge in [-0.3, -0.25) is 19.7 Å². The normalized spacial score (nSPS) is 18.5. The molecule has 1 aromatic heterocycles. The van der Waals surface area contributed by atoms with Gasteiger partial charge >= 0.3 is 0 Å². The van der Waals surface area contributed by atoms with E-state index in [2.05, 4.69) is 10.6 Å². The van der Waals surface area contributed by atoms with E-state index in [0.29, 0.717) is 40.3 Å². The van der Waals surface area contributed by atoms with Gasteiger partial charge in [0.05, 0.1) is 10.3 Å². The zero-order valence-electron chi connectivity index (χ0n) is 16.9. The van der Waals surface area contributed by atoms with Gasteiger partial charge in [-0.1, -0.05) is 37.3 Å². The van der Waals surface area contributed by atoms with Crippen LogP contribution in [0.5, 0.6) is 0 Å². The summed E-state index contributed by atoms with van der Waals surface area (Å²) in [5.74, 6) is -1.14. The van der Waals surface area contributed by atoms with E-state index < -0.39 is 5.41 Å². The molecule has 5 nitrogen and oxygen atoms in total. The predicted octanol–water partition coefficient (Wildman–Crippen LogP) is 4.89. The molecule has 1 aliphatic heterocycles. The number of anilines is 1. The minimum absolute atomic E-state index is 0.247. The molecule has 3 amide bonds. The zero-order chi connectivity index (χ0) is 22.0. The molecule has 2 aromatic carbocycles. The van der Waals surface area contributed by atoms with Crippen LogP contribution in [0, 0.1) is 5.82 Å². The van der Waals surface area contributed by atoms with Gasteiger partial charge in [-0.25, -0.2) is 4.39 Å². The van der Waals surface area contributed by atoms with Gasteiger partial charge in [0.25, 0.3) is 5.91 Å². The van der Waals surface area contributed by atoms with Crippen molar-refractivity contribution in [1.82, 2.24) is 5.32 Å². The number of carbonyl (C=O) groups is 3. The zero-order valence-corrected chi connectivity index (χ0v) is 17.7. The molecule has 1 aliphatic rings. The number of amides is 3. The maximum Gasteiger partial charge on any atom is 0.265 e. The second kappa shape index (κ2) is 8.43. The molecule has 4 rings (SSSR count). The minimum Gasteiger partial charge on any atom is -0.321 e. The number of hydrogen-bond acceptors (Lipinski definition) is 4. The molecule has 0 radical (unpaired) electrons. The van der Waals surface area contributed by atoms with E-state index >= 15 is 0 Å². The highest BCUT2D eigenvalue weighted by molar-refractivity contribution is 7.17. The summed E-state index contributed by atoms with van der Waals surface area (Å²) in [6.45, 7) is 1.93. The predicted molar refractivity (Wildman–Crippen MR) is 118 cm³/mol. The highest BCUT2D eigenvalue weighted by Gasteiger charge is 2.42. The van der Waals surface area contributed by atoms with Crippen LogP contribution in [-0.4, -0.2) is 17.7 Å². The van der Waals surface area contributed by atoms with Crippen LogP contribution in [0.2, 0.25) is 0 Å². The van der Waals surface area contributed by atoms with Crippen molar-refractivity contribution >= 4 is 34.7 Å². The Morgan fingerprint density at radius 3 is 2.52 bits per heavy atom. The Balaban J connectivity index is 1.50. The van der Waals surface area contributed by atoms with E-state index in [4.69, 9.17) is 0 Å². The monoisotopic (exact) mass is 436 g/mol. The summed E-state index contributed by atoms with van der Waals surface area (Å²) >= 11 is 1.22. The van der Waals surface area contributed by atoms with Crippen LogP contribution in [0.15, 0.2) is 60.7 Å². The average Bonchev–Trinajstić information content (AvgIpc) is 3.25. The Bertz CT molecular complexity index is 1160. The summed E-state index contributed by atoms with van der Waals surface area (Å²) in [4.78, 5) is 37.8. The van der Waals surface area contributed by atoms with Gasteiger partial charge in [0.2, 0.25) is 11.8 Å². The molecule has 7 heteroatoms. The Labute approximate surface area is 183 Å². The Kier molecular flexibility index (Phi) is 5.69. The number of imide groups is 1. The molecule has 0 saturated carbocycles. The number of rotatable bonds is 5. The third-order valence-corrected chi connectivity index (χ3v) is 6.85. The molecule has 1 unspecified atom stereocenters. The van der Waals surface area contributed by atoms with Gasteiger partial charge in [-0.05, 0) is 48.7 Å². The summed E-state index contributed by atoms with van der Waals surface area (Å²) in [5.41, 5.74) is 1.13. The van der Waals surface area contributed by atoms with Gasteiger partial charge in [0, 0.05) is 22.5 Å². The van der Waals surface area contributed by atoms with Crippen molar-refractivity contribution in [2.45, 2.75) is 31.6 Å². The van der Waals surface area contributed by atoms with Crippen molar-refractivity contribution in [3.05, 3.63) is 76.9 Å². The van der Waals surface area contributed by atoms with Gasteiger partial charge < -0.3 is 5.32 Å². The number of hydrogen-bond donors (Lipinski definition) is 2. The van der Waals surface area contributed by atoms with Crippen molar-refractivity contribution in [3.8, 4) is 10.4 Å². The van der Waals surface area contributed by atoms with Crippen LogP contribution in [0.25, 0.3) is 10.4 Å². The minimum atomic E-state index is -0.737. The highest BCUT2D eigenvalue weighted by Crippen LogP contribution is 2.36. The fourth-order valence-electron chi connectivity index (χ4n) is 3.90. The number of carbonyl (C=O) groups excluding carboxylic acids is 3. The first-order chi connectivity index (χ1) is 14.9. The molecular weight excluding hydrogens is 415 g/mol. The summed E-state index contributed by atoms with van der Waals surface area (Å²) in [6.07, 6.45) is 1.35. The quantitative estimate of drug-likeness (QED) is 0.559. The second-order valence-corrected chi connectivity index (χ2v) is 8.57. The van der Waals surface area contributed by atoms with Crippen LogP contribution in [0.1, 0.15) is 41.4 Å². The van der Waals surface area contributed by atoms with E-state index in [1.807, 2.05) is 19.1 Å². The first-order valence-electron chi connectivity index (χ1n) is 10.0. The van der Waals surface area contributed by atoms with Crippen LogP contribution in [-0.2, 0) is 15.0 Å². The lowest BCUT2D eigenvalue weighted by Gasteiger charge is -2.35. The smallest absolute Gasteiger partial charge is 0.265 e. The second-order valence-electron chi connectivity index (χ2n) is 7.49. The standard InChI is InChI=1S/C24H21FN2O3S/c1-2-24(14-13-21(28)27-23(24)30)15-7-9-16(10-8-15)26-22(29)20-12-11-19(31-20)17-5-3-4-6-18(17)25/h3-12H,2,13-14H2,1H3,(H,26,29)(H,27,28,30). The number of thiophene rings is 1. The summed E-state index contributed by atoms with van der Waals surface area (Å²) in [6, 6.07) is 17.0. The molecule has 3 aromatic rings. The molecule has 2 heterocycles. The molecule has 0 bridgehead atoms. The molecule has 0 aliphatic carbocycles. The number of halogens is 1. The lowest BCUT2D eigenvalue weighted by molar-refractivity contribution is -0.138. The Hall–Kier alpha value is -3.32. The molecule has 1 fully saturated rings. The summed E-state index contributed by atoms with van der Waals surface area (Å²) in [5, 5.41) is 5.27. The van der Waals surface area contributed by atoms with Crippen LogP contribution >= 0.6 is 11.3 Å². The van der Waals surface area contributed by atoms with E-state index in [-0.39, 0.29) is 23.5 Å². The maximum atomic E-state index is 14.0. The van der Waals surface area contributed by atoms with Crippen molar-refractivity contribution in [2.75, 3.05) is 5.32 Å². The van der Waals surface area contributed by atoms with Crippen LogP contribution in [0.3, 0.4) is 0 Å². The van der Waals surface area contributed by atoms with E-state index in [9.17, 15) is 18.8 Å². The van der Waals surface area contributed by atoms with Crippen molar-refractivity contribution < 1.29 is 18.8 Å². The van der Waals surface area contributed by atoms with Crippen molar-refractivity contribution in [2.24, 2.45) is 0 Å². The first kappa shape index (κ1) is 20.9. The lowest BCUT2D eigenvalue weighted by atomic mass is 9.72. The molecule has 31 heavy (non-hydrogen) atoms. The van der Waals surface area contributed by atoms with Crippen LogP contribution < -0.4 is 10.6 Å². The highest BCUT2D eigenvalue weighted by atomic mass is 32.1. The summed E-state index contributed by atoms with van der Waals surface area (Å²) in [7, 11) is 0. The average molecular weight is 437 g/mol. The molecule has 158 valence electrons. The molecule has 2 N–H and O–H groups in total. The fraction of sp³-hybridized carbons (Fsp3) is 0.208. The van der Waals surface area contributed by atoms with Crippen LogP contribution in [0.4, 0.5) is 10.1 Å². The van der Waals surface area contributed by atoms with E-state index in [0.717, 1.165) is 5.56 Å². The molecular formula is C24H21FN2O3S.